The van der Waals surface area contributed by atoms with Gasteiger partial charge < -0.3 is 5.32 Å². The average molecular weight is 225 g/mol. The van der Waals surface area contributed by atoms with Gasteiger partial charge in [-0.3, -0.25) is 0 Å². The molecule has 1 aromatic rings. The molecule has 3 heteroatoms. The largest absolute Gasteiger partial charge is 0.309 e. The van der Waals surface area contributed by atoms with E-state index >= 15 is 0 Å². The molecule has 0 spiro atoms. The Bertz CT molecular complexity index is 378. The van der Waals surface area contributed by atoms with Crippen LogP contribution in [0.3, 0.4) is 0 Å². The Morgan fingerprint density at radius 1 is 1.19 bits per heavy atom. The highest BCUT2D eigenvalue weighted by atomic mass is 19.2. The minimum atomic E-state index is -0.815. The van der Waals surface area contributed by atoms with E-state index in [0.29, 0.717) is 12.1 Å². The maximum absolute atomic E-state index is 12.9. The molecular formula is C13H17F2N. The van der Waals surface area contributed by atoms with Crippen LogP contribution in [0.2, 0.25) is 0 Å². The van der Waals surface area contributed by atoms with Crippen molar-refractivity contribution in [2.45, 2.75) is 26.3 Å². The van der Waals surface area contributed by atoms with Crippen LogP contribution in [0.1, 0.15) is 26.3 Å². The Morgan fingerprint density at radius 3 is 2.44 bits per heavy atom. The van der Waals surface area contributed by atoms with Crippen LogP contribution in [-0.4, -0.2) is 12.1 Å². The highest BCUT2D eigenvalue weighted by Crippen LogP contribution is 2.09. The van der Waals surface area contributed by atoms with Gasteiger partial charge in [-0.1, -0.05) is 18.2 Å². The van der Waals surface area contributed by atoms with Gasteiger partial charge in [0.1, 0.15) is 0 Å². The van der Waals surface area contributed by atoms with E-state index in [2.05, 4.69) is 26.1 Å². The zero-order chi connectivity index (χ0) is 12.2. The molecule has 1 aromatic carbocycles. The van der Waals surface area contributed by atoms with Crippen LogP contribution in [-0.2, 0) is 0 Å². The highest BCUT2D eigenvalue weighted by Gasteiger charge is 2.05. The third-order valence-corrected chi connectivity index (χ3v) is 2.00. The number of hydrogen-bond acceptors (Lipinski definition) is 1. The molecule has 0 aliphatic heterocycles. The Kier molecular flexibility index (Phi) is 4.19. The third kappa shape index (κ3) is 4.53. The predicted molar refractivity (Wildman–Crippen MR) is 63.1 cm³/mol. The molecule has 0 amide bonds. The SMILES string of the molecule is CC(C)(C)NCC=Cc1ccc(F)c(F)c1. The Morgan fingerprint density at radius 2 is 1.88 bits per heavy atom. The van der Waals surface area contributed by atoms with Gasteiger partial charge in [-0.15, -0.1) is 0 Å². The summed E-state index contributed by atoms with van der Waals surface area (Å²) in [5, 5.41) is 3.26. The fourth-order valence-electron chi connectivity index (χ4n) is 1.18. The number of hydrogen-bond donors (Lipinski definition) is 1. The Balaban J connectivity index is 2.53. The maximum Gasteiger partial charge on any atom is 0.159 e. The smallest absolute Gasteiger partial charge is 0.159 e. The van der Waals surface area contributed by atoms with E-state index in [-0.39, 0.29) is 5.54 Å². The van der Waals surface area contributed by atoms with Gasteiger partial charge in [0.25, 0.3) is 0 Å². The lowest BCUT2D eigenvalue weighted by atomic mass is 10.1. The van der Waals surface area contributed by atoms with Gasteiger partial charge in [0.15, 0.2) is 11.6 Å². The summed E-state index contributed by atoms with van der Waals surface area (Å²) in [6.07, 6.45) is 3.65. The van der Waals surface area contributed by atoms with Crippen LogP contribution in [0.5, 0.6) is 0 Å². The second-order valence-electron chi connectivity index (χ2n) is 4.71. The second-order valence-corrected chi connectivity index (χ2v) is 4.71. The van der Waals surface area contributed by atoms with Gasteiger partial charge >= 0.3 is 0 Å². The molecule has 16 heavy (non-hydrogen) atoms. The summed E-state index contributed by atoms with van der Waals surface area (Å²) in [5.41, 5.74) is 0.716. The molecule has 0 aliphatic carbocycles. The second kappa shape index (κ2) is 5.21. The molecule has 1 N–H and O–H groups in total. The average Bonchev–Trinajstić information content (AvgIpc) is 2.17. The maximum atomic E-state index is 12.9. The topological polar surface area (TPSA) is 12.0 Å². The van der Waals surface area contributed by atoms with E-state index in [0.717, 1.165) is 6.07 Å². The monoisotopic (exact) mass is 225 g/mol. The Hall–Kier alpha value is -1.22. The lowest BCUT2D eigenvalue weighted by molar-refractivity contribution is 0.450. The zero-order valence-corrected chi connectivity index (χ0v) is 9.85. The number of nitrogens with one attached hydrogen (secondary N) is 1. The summed E-state index contributed by atoms with van der Waals surface area (Å²) >= 11 is 0. The molecule has 1 nitrogen and oxygen atoms in total. The first-order valence-electron chi connectivity index (χ1n) is 5.25. The summed E-state index contributed by atoms with van der Waals surface area (Å²) in [5.74, 6) is -1.63. The first-order valence-corrected chi connectivity index (χ1v) is 5.25. The molecule has 0 unspecified atom stereocenters. The predicted octanol–water partition coefficient (Wildman–Crippen LogP) is 3.37. The van der Waals surface area contributed by atoms with Gasteiger partial charge in [-0.25, -0.2) is 8.78 Å². The number of benzene rings is 1. The molecule has 0 radical (unpaired) electrons. The van der Waals surface area contributed by atoms with E-state index in [9.17, 15) is 8.78 Å². The molecule has 0 saturated heterocycles. The standard InChI is InChI=1S/C13H17F2N/c1-13(2,3)16-8-4-5-10-6-7-11(14)12(15)9-10/h4-7,9,16H,8H2,1-3H3. The minimum Gasteiger partial charge on any atom is -0.309 e. The quantitative estimate of drug-likeness (QED) is 0.831. The van der Waals surface area contributed by atoms with Crippen molar-refractivity contribution < 1.29 is 8.78 Å². The van der Waals surface area contributed by atoms with Crippen LogP contribution in [0.4, 0.5) is 8.78 Å². The van der Waals surface area contributed by atoms with Crippen LogP contribution in [0.25, 0.3) is 6.08 Å². The fourth-order valence-corrected chi connectivity index (χ4v) is 1.18. The summed E-state index contributed by atoms with van der Waals surface area (Å²) in [7, 11) is 0. The first kappa shape index (κ1) is 12.8. The van der Waals surface area contributed by atoms with Gasteiger partial charge in [0, 0.05) is 12.1 Å². The van der Waals surface area contributed by atoms with Crippen molar-refractivity contribution in [1.82, 2.24) is 5.32 Å². The van der Waals surface area contributed by atoms with E-state index in [1.807, 2.05) is 6.08 Å². The third-order valence-electron chi connectivity index (χ3n) is 2.00. The van der Waals surface area contributed by atoms with E-state index < -0.39 is 11.6 Å². The van der Waals surface area contributed by atoms with Crippen molar-refractivity contribution in [3.8, 4) is 0 Å². The molecular weight excluding hydrogens is 208 g/mol. The van der Waals surface area contributed by atoms with Crippen molar-refractivity contribution in [2.75, 3.05) is 6.54 Å². The van der Waals surface area contributed by atoms with Gasteiger partial charge in [0.05, 0.1) is 0 Å². The van der Waals surface area contributed by atoms with Crippen molar-refractivity contribution in [2.24, 2.45) is 0 Å². The minimum absolute atomic E-state index is 0.0540. The van der Waals surface area contributed by atoms with Gasteiger partial charge in [0.2, 0.25) is 0 Å². The van der Waals surface area contributed by atoms with E-state index in [1.165, 1.54) is 6.07 Å². The summed E-state index contributed by atoms with van der Waals surface area (Å²) in [6, 6.07) is 3.86. The van der Waals surface area contributed by atoms with Crippen molar-refractivity contribution >= 4 is 6.08 Å². The summed E-state index contributed by atoms with van der Waals surface area (Å²) in [4.78, 5) is 0. The Labute approximate surface area is 95.2 Å². The van der Waals surface area contributed by atoms with Gasteiger partial charge in [-0.05, 0) is 38.5 Å². The lowest BCUT2D eigenvalue weighted by Gasteiger charge is -2.18. The van der Waals surface area contributed by atoms with Crippen molar-refractivity contribution in [1.29, 1.82) is 0 Å². The van der Waals surface area contributed by atoms with Crippen LogP contribution in [0, 0.1) is 11.6 Å². The molecule has 0 aliphatic rings. The highest BCUT2D eigenvalue weighted by molar-refractivity contribution is 5.49. The molecule has 0 bridgehead atoms. The van der Waals surface area contributed by atoms with Crippen LogP contribution in [0.15, 0.2) is 24.3 Å². The fraction of sp³-hybridized carbons (Fsp3) is 0.385. The summed E-state index contributed by atoms with van der Waals surface area (Å²) < 4.78 is 25.5. The van der Waals surface area contributed by atoms with Crippen LogP contribution < -0.4 is 5.32 Å². The molecule has 0 saturated carbocycles. The molecule has 0 atom stereocenters. The number of rotatable bonds is 3. The molecule has 88 valence electrons. The van der Waals surface area contributed by atoms with Gasteiger partial charge in [-0.2, -0.15) is 0 Å². The number of halogens is 2. The van der Waals surface area contributed by atoms with Crippen LogP contribution >= 0.6 is 0 Å². The van der Waals surface area contributed by atoms with E-state index in [1.54, 1.807) is 12.1 Å². The van der Waals surface area contributed by atoms with E-state index in [4.69, 9.17) is 0 Å². The molecule has 1 rings (SSSR count). The molecule has 0 aromatic heterocycles. The summed E-state index contributed by atoms with van der Waals surface area (Å²) in [6.45, 7) is 6.90. The first-order chi connectivity index (χ1) is 7.38. The molecule has 0 fully saturated rings. The molecule has 0 heterocycles. The lowest BCUT2D eigenvalue weighted by Crippen LogP contribution is -2.35. The normalized spacial score (nSPS) is 12.3. The zero-order valence-electron chi connectivity index (χ0n) is 9.85. The van der Waals surface area contributed by atoms with Crippen molar-refractivity contribution in [3.05, 3.63) is 41.5 Å². The van der Waals surface area contributed by atoms with Crippen molar-refractivity contribution in [3.63, 3.8) is 0 Å².